The Morgan fingerprint density at radius 1 is 1.37 bits per heavy atom. The molecule has 1 fully saturated rings. The highest BCUT2D eigenvalue weighted by molar-refractivity contribution is 7.99. The van der Waals surface area contributed by atoms with E-state index in [9.17, 15) is 4.79 Å². The van der Waals surface area contributed by atoms with E-state index in [0.717, 1.165) is 17.7 Å². The minimum Gasteiger partial charge on any atom is -0.368 e. The summed E-state index contributed by atoms with van der Waals surface area (Å²) in [4.78, 5) is 12.7. The van der Waals surface area contributed by atoms with Crippen LogP contribution in [0.4, 0.5) is 0 Å². The van der Waals surface area contributed by atoms with E-state index >= 15 is 0 Å². The quantitative estimate of drug-likeness (QED) is 0.785. The lowest BCUT2D eigenvalue weighted by Gasteiger charge is -2.25. The normalized spacial score (nSPS) is 18.3. The van der Waals surface area contributed by atoms with Crippen LogP contribution in [0.5, 0.6) is 0 Å². The summed E-state index contributed by atoms with van der Waals surface area (Å²) in [5.74, 6) is 0.993. The van der Waals surface area contributed by atoms with Crippen molar-refractivity contribution in [1.82, 2.24) is 0 Å². The molecule has 19 heavy (non-hydrogen) atoms. The van der Waals surface area contributed by atoms with Crippen molar-refractivity contribution in [1.29, 1.82) is 0 Å². The molecule has 0 radical (unpaired) electrons. The molecular formula is C15H22N2OS. The smallest absolute Gasteiger partial charge is 0.238 e. The first-order valence-electron chi connectivity index (χ1n) is 6.75. The van der Waals surface area contributed by atoms with Gasteiger partial charge in [-0.2, -0.15) is 0 Å². The number of rotatable bonds is 6. The van der Waals surface area contributed by atoms with Gasteiger partial charge >= 0.3 is 0 Å². The van der Waals surface area contributed by atoms with Crippen molar-refractivity contribution < 1.29 is 4.79 Å². The van der Waals surface area contributed by atoms with E-state index in [4.69, 9.17) is 11.5 Å². The molecule has 1 aromatic rings. The Kier molecular flexibility index (Phi) is 4.21. The molecule has 0 bridgehead atoms. The number of benzene rings is 1. The van der Waals surface area contributed by atoms with Crippen LogP contribution in [0.3, 0.4) is 0 Å². The Morgan fingerprint density at radius 2 is 1.95 bits per heavy atom. The molecule has 2 rings (SSSR count). The van der Waals surface area contributed by atoms with Crippen LogP contribution in [0.2, 0.25) is 0 Å². The number of hydrogen-bond donors (Lipinski definition) is 2. The number of primary amides is 1. The maximum absolute atomic E-state index is 11.6. The summed E-state index contributed by atoms with van der Waals surface area (Å²) >= 11 is 1.62. The van der Waals surface area contributed by atoms with Crippen molar-refractivity contribution in [2.24, 2.45) is 17.4 Å². The molecule has 0 aromatic heterocycles. The van der Waals surface area contributed by atoms with Crippen LogP contribution >= 0.6 is 11.8 Å². The van der Waals surface area contributed by atoms with Crippen molar-refractivity contribution in [3.63, 3.8) is 0 Å². The molecule has 0 saturated heterocycles. The third kappa shape index (κ3) is 3.31. The van der Waals surface area contributed by atoms with Crippen molar-refractivity contribution in [2.75, 3.05) is 5.75 Å². The molecule has 104 valence electrons. The van der Waals surface area contributed by atoms with E-state index in [1.165, 1.54) is 5.56 Å². The van der Waals surface area contributed by atoms with Gasteiger partial charge in [-0.1, -0.05) is 26.0 Å². The third-order valence-electron chi connectivity index (χ3n) is 3.79. The highest BCUT2D eigenvalue weighted by atomic mass is 32.2. The summed E-state index contributed by atoms with van der Waals surface area (Å²) in [7, 11) is 0. The summed E-state index contributed by atoms with van der Waals surface area (Å²) in [5, 5.41) is 0. The largest absolute Gasteiger partial charge is 0.368 e. The lowest BCUT2D eigenvalue weighted by atomic mass is 9.96. The zero-order valence-corrected chi connectivity index (χ0v) is 12.4. The van der Waals surface area contributed by atoms with Crippen molar-refractivity contribution in [3.8, 4) is 0 Å². The summed E-state index contributed by atoms with van der Waals surface area (Å²) in [5.41, 5.74) is 12.1. The highest BCUT2D eigenvalue weighted by Crippen LogP contribution is 2.40. The molecule has 0 spiro atoms. The van der Waals surface area contributed by atoms with Crippen molar-refractivity contribution in [3.05, 3.63) is 29.8 Å². The fourth-order valence-electron chi connectivity index (χ4n) is 2.14. The molecule has 1 aromatic carbocycles. The predicted molar refractivity (Wildman–Crippen MR) is 80.1 cm³/mol. The van der Waals surface area contributed by atoms with Crippen LogP contribution in [0.1, 0.15) is 38.2 Å². The Labute approximate surface area is 119 Å². The molecule has 1 unspecified atom stereocenters. The zero-order valence-electron chi connectivity index (χ0n) is 11.6. The fourth-order valence-corrected chi connectivity index (χ4v) is 3.25. The standard InChI is InChI=1S/C15H22N2OS/c1-10(2)11-3-7-13(8-4-11)19-9-15(17,14(16)18)12-5-6-12/h3-4,7-8,10,12H,5-6,9,17H2,1-2H3,(H2,16,18). The molecule has 1 saturated carbocycles. The molecular weight excluding hydrogens is 256 g/mol. The first-order chi connectivity index (χ1) is 8.93. The second-order valence-electron chi connectivity index (χ2n) is 5.69. The first kappa shape index (κ1) is 14.4. The molecule has 1 aliphatic carbocycles. The summed E-state index contributed by atoms with van der Waals surface area (Å²) < 4.78 is 0. The highest BCUT2D eigenvalue weighted by Gasteiger charge is 2.46. The third-order valence-corrected chi connectivity index (χ3v) is 5.02. The van der Waals surface area contributed by atoms with E-state index in [1.54, 1.807) is 11.8 Å². The van der Waals surface area contributed by atoms with E-state index in [1.807, 2.05) is 0 Å². The van der Waals surface area contributed by atoms with Gasteiger partial charge in [-0.3, -0.25) is 4.79 Å². The lowest BCUT2D eigenvalue weighted by Crippen LogP contribution is -2.56. The van der Waals surface area contributed by atoms with Gasteiger partial charge < -0.3 is 11.5 Å². The summed E-state index contributed by atoms with van der Waals surface area (Å²) in [6.07, 6.45) is 2.04. The maximum atomic E-state index is 11.6. The van der Waals surface area contributed by atoms with Gasteiger partial charge in [-0.05, 0) is 42.4 Å². The van der Waals surface area contributed by atoms with Gasteiger partial charge in [0.2, 0.25) is 5.91 Å². The molecule has 0 heterocycles. The number of carbonyl (C=O) groups excluding carboxylic acids is 1. The van der Waals surface area contributed by atoms with Gasteiger partial charge in [0.25, 0.3) is 0 Å². The average molecular weight is 278 g/mol. The van der Waals surface area contributed by atoms with Gasteiger partial charge in [0.15, 0.2) is 0 Å². The number of nitrogens with two attached hydrogens (primary N) is 2. The van der Waals surface area contributed by atoms with Crippen molar-refractivity contribution in [2.45, 2.75) is 43.0 Å². The molecule has 4 heteroatoms. The number of hydrogen-bond acceptors (Lipinski definition) is 3. The minimum absolute atomic E-state index is 0.271. The van der Waals surface area contributed by atoms with Crippen molar-refractivity contribution >= 4 is 17.7 Å². The van der Waals surface area contributed by atoms with Crippen LogP contribution in [0.25, 0.3) is 0 Å². The van der Waals surface area contributed by atoms with E-state index in [2.05, 4.69) is 38.1 Å². The van der Waals surface area contributed by atoms with Gasteiger partial charge in [-0.25, -0.2) is 0 Å². The molecule has 0 aliphatic heterocycles. The fraction of sp³-hybridized carbons (Fsp3) is 0.533. The number of amides is 1. The van der Waals surface area contributed by atoms with Crippen LogP contribution < -0.4 is 11.5 Å². The lowest BCUT2D eigenvalue weighted by molar-refractivity contribution is -0.123. The molecule has 4 N–H and O–H groups in total. The Hall–Kier alpha value is -1.00. The molecule has 3 nitrogen and oxygen atoms in total. The SMILES string of the molecule is CC(C)c1ccc(SCC(N)(C(N)=O)C2CC2)cc1. The second-order valence-corrected chi connectivity index (χ2v) is 6.74. The molecule has 1 aliphatic rings. The summed E-state index contributed by atoms with van der Waals surface area (Å²) in [6.45, 7) is 4.35. The first-order valence-corrected chi connectivity index (χ1v) is 7.73. The molecule has 1 atom stereocenters. The average Bonchev–Trinajstić information content (AvgIpc) is 3.20. The Balaban J connectivity index is 1.99. The van der Waals surface area contributed by atoms with Crippen LogP contribution in [0, 0.1) is 5.92 Å². The minimum atomic E-state index is -0.846. The van der Waals surface area contributed by atoms with Gasteiger partial charge in [0, 0.05) is 10.6 Å². The number of carbonyl (C=O) groups is 1. The number of thioether (sulfide) groups is 1. The monoisotopic (exact) mass is 278 g/mol. The van der Waals surface area contributed by atoms with E-state index in [-0.39, 0.29) is 11.8 Å². The Bertz CT molecular complexity index is 454. The van der Waals surface area contributed by atoms with Gasteiger partial charge in [-0.15, -0.1) is 11.8 Å². The van der Waals surface area contributed by atoms with Crippen LogP contribution in [-0.4, -0.2) is 17.2 Å². The van der Waals surface area contributed by atoms with Gasteiger partial charge in [0.05, 0.1) is 0 Å². The van der Waals surface area contributed by atoms with Gasteiger partial charge in [0.1, 0.15) is 5.54 Å². The topological polar surface area (TPSA) is 69.1 Å². The Morgan fingerprint density at radius 3 is 2.37 bits per heavy atom. The second kappa shape index (κ2) is 5.55. The van der Waals surface area contributed by atoms with E-state index in [0.29, 0.717) is 11.7 Å². The maximum Gasteiger partial charge on any atom is 0.238 e. The van der Waals surface area contributed by atoms with Crippen LogP contribution in [-0.2, 0) is 4.79 Å². The van der Waals surface area contributed by atoms with E-state index < -0.39 is 5.54 Å². The molecule has 1 amide bonds. The predicted octanol–water partition coefficient (Wildman–Crippen LogP) is 2.49. The summed E-state index contributed by atoms with van der Waals surface area (Å²) in [6, 6.07) is 8.45. The van der Waals surface area contributed by atoms with Crippen LogP contribution in [0.15, 0.2) is 29.2 Å². The zero-order chi connectivity index (χ0) is 14.0.